The Morgan fingerprint density at radius 2 is 2.00 bits per heavy atom. The Kier molecular flexibility index (Phi) is 4.64. The minimum Gasteiger partial charge on any atom is -0.494 e. The molecule has 0 unspecified atom stereocenters. The Morgan fingerprint density at radius 3 is 2.76 bits per heavy atom. The maximum atomic E-state index is 12.7. The number of fused-ring (bicyclic) bond motifs is 1. The molecule has 3 rings (SSSR count). The van der Waals surface area contributed by atoms with Gasteiger partial charge in [0.1, 0.15) is 17.1 Å². The molecule has 0 amide bonds. The average molecular weight is 361 g/mol. The van der Waals surface area contributed by atoms with Gasteiger partial charge in [0.15, 0.2) is 0 Å². The molecule has 0 aromatic heterocycles. The van der Waals surface area contributed by atoms with Crippen LogP contribution in [0.1, 0.15) is 32.8 Å². The lowest BCUT2D eigenvalue weighted by atomic mass is 9.94. The van der Waals surface area contributed by atoms with Crippen molar-refractivity contribution in [3.8, 4) is 11.5 Å². The summed E-state index contributed by atoms with van der Waals surface area (Å²) >= 11 is 0. The van der Waals surface area contributed by atoms with E-state index in [1.165, 1.54) is 0 Å². The van der Waals surface area contributed by atoms with Gasteiger partial charge in [0.05, 0.1) is 17.2 Å². The standard InChI is InChI=1S/C19H23NO4S/c1-4-23-16-7-5-6-15(13-16)20-25(21,22)17-8-9-18-14(12-17)10-11-19(2,3)24-18/h5-9,12-13,20H,4,10-11H2,1-3H3. The lowest BCUT2D eigenvalue weighted by molar-refractivity contribution is 0.0845. The lowest BCUT2D eigenvalue weighted by Gasteiger charge is -2.32. The third-order valence-electron chi connectivity index (χ3n) is 4.12. The Hall–Kier alpha value is -2.21. The third-order valence-corrected chi connectivity index (χ3v) is 5.50. The molecule has 0 fully saturated rings. The first-order chi connectivity index (χ1) is 11.8. The zero-order chi connectivity index (χ0) is 18.1. The van der Waals surface area contributed by atoms with Gasteiger partial charge in [0.25, 0.3) is 10.0 Å². The zero-order valence-corrected chi connectivity index (χ0v) is 15.5. The van der Waals surface area contributed by atoms with E-state index < -0.39 is 10.0 Å². The van der Waals surface area contributed by atoms with Crippen LogP contribution in [-0.2, 0) is 16.4 Å². The first kappa shape index (κ1) is 17.6. The summed E-state index contributed by atoms with van der Waals surface area (Å²) in [4.78, 5) is 0.233. The topological polar surface area (TPSA) is 64.6 Å². The van der Waals surface area contributed by atoms with E-state index in [1.807, 2.05) is 20.8 Å². The number of aryl methyl sites for hydroxylation is 1. The van der Waals surface area contributed by atoms with Crippen LogP contribution >= 0.6 is 0 Å². The molecule has 25 heavy (non-hydrogen) atoms. The van der Waals surface area contributed by atoms with E-state index in [0.717, 1.165) is 24.2 Å². The summed E-state index contributed by atoms with van der Waals surface area (Å²) in [5.74, 6) is 1.39. The second kappa shape index (κ2) is 6.59. The molecule has 0 radical (unpaired) electrons. The summed E-state index contributed by atoms with van der Waals surface area (Å²) in [6.45, 7) is 6.48. The predicted molar refractivity (Wildman–Crippen MR) is 97.9 cm³/mol. The Labute approximate surface area is 149 Å². The fourth-order valence-corrected chi connectivity index (χ4v) is 3.93. The van der Waals surface area contributed by atoms with Crippen molar-refractivity contribution in [1.29, 1.82) is 0 Å². The van der Waals surface area contributed by atoms with Crippen molar-refractivity contribution in [2.24, 2.45) is 0 Å². The Bertz CT molecular complexity index is 875. The van der Waals surface area contributed by atoms with E-state index >= 15 is 0 Å². The van der Waals surface area contributed by atoms with Crippen molar-refractivity contribution in [2.75, 3.05) is 11.3 Å². The molecule has 0 spiro atoms. The van der Waals surface area contributed by atoms with Crippen LogP contribution in [0.2, 0.25) is 0 Å². The normalized spacial score (nSPS) is 15.8. The highest BCUT2D eigenvalue weighted by Crippen LogP contribution is 2.34. The van der Waals surface area contributed by atoms with Gasteiger partial charge in [0.2, 0.25) is 0 Å². The molecule has 1 aliphatic rings. The summed E-state index contributed by atoms with van der Waals surface area (Å²) in [7, 11) is -3.67. The molecule has 6 heteroatoms. The van der Waals surface area contributed by atoms with Gasteiger partial charge in [-0.15, -0.1) is 0 Å². The molecule has 0 atom stereocenters. The summed E-state index contributed by atoms with van der Waals surface area (Å²) in [5.41, 5.74) is 1.18. The molecule has 0 saturated heterocycles. The summed E-state index contributed by atoms with van der Waals surface area (Å²) in [5, 5.41) is 0. The average Bonchev–Trinajstić information content (AvgIpc) is 2.54. The highest BCUT2D eigenvalue weighted by Gasteiger charge is 2.27. The van der Waals surface area contributed by atoms with Crippen LogP contribution in [-0.4, -0.2) is 20.6 Å². The number of hydrogen-bond donors (Lipinski definition) is 1. The van der Waals surface area contributed by atoms with Gasteiger partial charge in [-0.2, -0.15) is 0 Å². The van der Waals surface area contributed by atoms with Crippen molar-refractivity contribution in [3.63, 3.8) is 0 Å². The molecular formula is C19H23NO4S. The molecule has 5 nitrogen and oxygen atoms in total. The van der Waals surface area contributed by atoms with Gasteiger partial charge < -0.3 is 9.47 Å². The summed E-state index contributed by atoms with van der Waals surface area (Å²) in [6.07, 6.45) is 1.65. The van der Waals surface area contributed by atoms with E-state index in [9.17, 15) is 8.42 Å². The smallest absolute Gasteiger partial charge is 0.261 e. The van der Waals surface area contributed by atoms with E-state index in [1.54, 1.807) is 42.5 Å². The maximum absolute atomic E-state index is 12.7. The molecule has 0 bridgehead atoms. The minimum absolute atomic E-state index is 0.217. The van der Waals surface area contributed by atoms with Crippen molar-refractivity contribution in [3.05, 3.63) is 48.0 Å². The van der Waals surface area contributed by atoms with Gasteiger partial charge in [-0.25, -0.2) is 8.42 Å². The molecule has 1 aliphatic heterocycles. The number of anilines is 1. The first-order valence-corrected chi connectivity index (χ1v) is 9.85. The van der Waals surface area contributed by atoms with E-state index in [0.29, 0.717) is 18.0 Å². The first-order valence-electron chi connectivity index (χ1n) is 8.37. The number of benzene rings is 2. The fraction of sp³-hybridized carbons (Fsp3) is 0.368. The van der Waals surface area contributed by atoms with Crippen LogP contribution in [0.5, 0.6) is 11.5 Å². The monoisotopic (exact) mass is 361 g/mol. The molecule has 0 aliphatic carbocycles. The SMILES string of the molecule is CCOc1cccc(NS(=O)(=O)c2ccc3c(c2)CCC(C)(C)O3)c1. The quantitative estimate of drug-likeness (QED) is 0.874. The van der Waals surface area contributed by atoms with E-state index in [4.69, 9.17) is 9.47 Å². The Balaban J connectivity index is 1.85. The highest BCUT2D eigenvalue weighted by atomic mass is 32.2. The fourth-order valence-electron chi connectivity index (χ4n) is 2.83. The molecule has 0 saturated carbocycles. The van der Waals surface area contributed by atoms with Crippen LogP contribution in [0.25, 0.3) is 0 Å². The van der Waals surface area contributed by atoms with Gasteiger partial charge in [-0.1, -0.05) is 6.07 Å². The second-order valence-electron chi connectivity index (χ2n) is 6.70. The zero-order valence-electron chi connectivity index (χ0n) is 14.7. The number of rotatable bonds is 5. The third kappa shape index (κ3) is 4.07. The highest BCUT2D eigenvalue weighted by molar-refractivity contribution is 7.92. The van der Waals surface area contributed by atoms with Gasteiger partial charge in [0, 0.05) is 6.07 Å². The predicted octanol–water partition coefficient (Wildman–Crippen LogP) is 3.99. The number of ether oxygens (including phenoxy) is 2. The molecular weight excluding hydrogens is 338 g/mol. The van der Waals surface area contributed by atoms with Crippen LogP contribution in [0.15, 0.2) is 47.4 Å². The molecule has 1 heterocycles. The van der Waals surface area contributed by atoms with Crippen LogP contribution in [0.4, 0.5) is 5.69 Å². The van der Waals surface area contributed by atoms with Crippen molar-refractivity contribution < 1.29 is 17.9 Å². The van der Waals surface area contributed by atoms with Gasteiger partial charge in [-0.05, 0) is 69.5 Å². The molecule has 2 aromatic carbocycles. The summed E-state index contributed by atoms with van der Waals surface area (Å²) < 4.78 is 39.3. The van der Waals surface area contributed by atoms with Gasteiger partial charge in [-0.3, -0.25) is 4.72 Å². The van der Waals surface area contributed by atoms with Crippen molar-refractivity contribution in [2.45, 2.75) is 44.1 Å². The molecule has 2 aromatic rings. The second-order valence-corrected chi connectivity index (χ2v) is 8.38. The minimum atomic E-state index is -3.67. The number of nitrogens with one attached hydrogen (secondary N) is 1. The Morgan fingerprint density at radius 1 is 1.20 bits per heavy atom. The van der Waals surface area contributed by atoms with Gasteiger partial charge >= 0.3 is 0 Å². The largest absolute Gasteiger partial charge is 0.494 e. The number of hydrogen-bond acceptors (Lipinski definition) is 4. The van der Waals surface area contributed by atoms with Crippen LogP contribution in [0, 0.1) is 0 Å². The lowest BCUT2D eigenvalue weighted by Crippen LogP contribution is -2.32. The van der Waals surface area contributed by atoms with E-state index in [-0.39, 0.29) is 10.5 Å². The van der Waals surface area contributed by atoms with Crippen LogP contribution < -0.4 is 14.2 Å². The summed E-state index contributed by atoms with van der Waals surface area (Å²) in [6, 6.07) is 11.9. The molecule has 134 valence electrons. The van der Waals surface area contributed by atoms with E-state index in [2.05, 4.69) is 4.72 Å². The van der Waals surface area contributed by atoms with Crippen LogP contribution in [0.3, 0.4) is 0 Å². The maximum Gasteiger partial charge on any atom is 0.261 e. The van der Waals surface area contributed by atoms with Crippen molar-refractivity contribution in [1.82, 2.24) is 0 Å². The van der Waals surface area contributed by atoms with Crippen molar-refractivity contribution >= 4 is 15.7 Å². The number of sulfonamides is 1. The molecule has 1 N–H and O–H groups in total.